The molecule has 0 aliphatic heterocycles. The minimum Gasteiger partial charge on any atom is -0.330 e. The van der Waals surface area contributed by atoms with Crippen molar-refractivity contribution < 1.29 is 0 Å². The Morgan fingerprint density at radius 2 is 2.18 bits per heavy atom. The lowest BCUT2D eigenvalue weighted by Crippen LogP contribution is -2.28. The van der Waals surface area contributed by atoms with E-state index in [1.807, 2.05) is 18.3 Å². The van der Waals surface area contributed by atoms with Crippen LogP contribution < -0.4 is 11.5 Å². The summed E-state index contributed by atoms with van der Waals surface area (Å²) in [6.45, 7) is 9.24. The third kappa shape index (κ3) is 3.38. The molecule has 0 aliphatic rings. The van der Waals surface area contributed by atoms with Crippen LogP contribution in [0.25, 0.3) is 0 Å². The molecule has 0 aliphatic carbocycles. The molecular formula is C14H23N3. The van der Waals surface area contributed by atoms with E-state index in [2.05, 4.69) is 31.5 Å². The van der Waals surface area contributed by atoms with E-state index in [-0.39, 0.29) is 11.3 Å². The maximum absolute atomic E-state index is 5.79. The summed E-state index contributed by atoms with van der Waals surface area (Å²) >= 11 is 0. The van der Waals surface area contributed by atoms with Crippen LogP contribution >= 0.6 is 0 Å². The first kappa shape index (κ1) is 13.9. The van der Waals surface area contributed by atoms with Gasteiger partial charge in [-0.1, -0.05) is 19.9 Å². The fourth-order valence-corrected chi connectivity index (χ4v) is 1.75. The van der Waals surface area contributed by atoms with Crippen LogP contribution in [0, 0.1) is 0 Å². The van der Waals surface area contributed by atoms with E-state index in [1.54, 1.807) is 0 Å². The highest BCUT2D eigenvalue weighted by Gasteiger charge is 2.20. The molecule has 0 aromatic carbocycles. The van der Waals surface area contributed by atoms with E-state index in [9.17, 15) is 0 Å². The van der Waals surface area contributed by atoms with Gasteiger partial charge in [0, 0.05) is 36.3 Å². The standard InChI is InChI=1S/C14H23N3/c1-4-5-11(9-15)13-8-12(6-7-17-13)14(2,3)10-16/h4,6-8,11H,1,5,9-10,15-16H2,2-3H3/t11-/m0/s1. The normalized spacial score (nSPS) is 13.4. The predicted molar refractivity (Wildman–Crippen MR) is 72.9 cm³/mol. The van der Waals surface area contributed by atoms with E-state index >= 15 is 0 Å². The van der Waals surface area contributed by atoms with Crippen molar-refractivity contribution in [3.63, 3.8) is 0 Å². The van der Waals surface area contributed by atoms with Crippen molar-refractivity contribution >= 4 is 0 Å². The fraction of sp³-hybridized carbons (Fsp3) is 0.500. The Labute approximate surface area is 104 Å². The van der Waals surface area contributed by atoms with Crippen LogP contribution in [-0.2, 0) is 5.41 Å². The minimum absolute atomic E-state index is 0.0228. The number of allylic oxidation sites excluding steroid dienone is 1. The van der Waals surface area contributed by atoms with Gasteiger partial charge in [-0.05, 0) is 24.1 Å². The molecule has 3 heteroatoms. The van der Waals surface area contributed by atoms with Crippen LogP contribution in [0.2, 0.25) is 0 Å². The highest BCUT2D eigenvalue weighted by Crippen LogP contribution is 2.25. The number of hydrogen-bond donors (Lipinski definition) is 2. The summed E-state index contributed by atoms with van der Waals surface area (Å²) in [6.07, 6.45) is 4.59. The molecule has 3 nitrogen and oxygen atoms in total. The molecule has 0 unspecified atom stereocenters. The molecule has 17 heavy (non-hydrogen) atoms. The maximum atomic E-state index is 5.79. The summed E-state index contributed by atoms with van der Waals surface area (Å²) < 4.78 is 0. The van der Waals surface area contributed by atoms with E-state index in [1.165, 1.54) is 5.56 Å². The summed E-state index contributed by atoms with van der Waals surface area (Å²) in [6, 6.07) is 4.14. The summed E-state index contributed by atoms with van der Waals surface area (Å²) in [5.41, 5.74) is 13.8. The molecule has 0 saturated carbocycles. The molecule has 0 fully saturated rings. The SMILES string of the molecule is C=CC[C@@H](CN)c1cc(C(C)(C)CN)ccn1. The van der Waals surface area contributed by atoms with Crippen LogP contribution in [0.5, 0.6) is 0 Å². The molecule has 1 atom stereocenters. The van der Waals surface area contributed by atoms with Gasteiger partial charge >= 0.3 is 0 Å². The third-order valence-corrected chi connectivity index (χ3v) is 3.23. The Morgan fingerprint density at radius 3 is 2.71 bits per heavy atom. The molecule has 0 amide bonds. The van der Waals surface area contributed by atoms with Crippen molar-refractivity contribution in [3.05, 3.63) is 42.2 Å². The summed E-state index contributed by atoms with van der Waals surface area (Å²) in [4.78, 5) is 4.41. The van der Waals surface area contributed by atoms with E-state index in [0.29, 0.717) is 13.1 Å². The van der Waals surface area contributed by atoms with Crippen LogP contribution in [0.4, 0.5) is 0 Å². The lowest BCUT2D eigenvalue weighted by molar-refractivity contribution is 0.535. The second-order valence-electron chi connectivity index (χ2n) is 5.01. The number of pyridine rings is 1. The third-order valence-electron chi connectivity index (χ3n) is 3.23. The summed E-state index contributed by atoms with van der Waals surface area (Å²) in [5.74, 6) is 0.251. The lowest BCUT2D eigenvalue weighted by atomic mass is 9.84. The molecule has 0 saturated heterocycles. The molecule has 4 N–H and O–H groups in total. The molecule has 1 heterocycles. The molecule has 0 radical (unpaired) electrons. The van der Waals surface area contributed by atoms with Gasteiger partial charge in [-0.3, -0.25) is 4.98 Å². The Morgan fingerprint density at radius 1 is 1.47 bits per heavy atom. The van der Waals surface area contributed by atoms with Crippen molar-refractivity contribution in [2.45, 2.75) is 31.6 Å². The number of nitrogens with two attached hydrogens (primary N) is 2. The largest absolute Gasteiger partial charge is 0.330 e. The first-order valence-electron chi connectivity index (χ1n) is 6.02. The van der Waals surface area contributed by atoms with E-state index in [4.69, 9.17) is 11.5 Å². The van der Waals surface area contributed by atoms with Crippen molar-refractivity contribution in [2.24, 2.45) is 11.5 Å². The molecule has 1 rings (SSSR count). The Bertz CT molecular complexity index is 371. The maximum Gasteiger partial charge on any atom is 0.0453 e. The summed E-state index contributed by atoms with van der Waals surface area (Å²) in [7, 11) is 0. The smallest absolute Gasteiger partial charge is 0.0453 e. The van der Waals surface area contributed by atoms with Crippen LogP contribution in [0.3, 0.4) is 0 Å². The number of hydrogen-bond acceptors (Lipinski definition) is 3. The second-order valence-corrected chi connectivity index (χ2v) is 5.01. The van der Waals surface area contributed by atoms with Gasteiger partial charge < -0.3 is 11.5 Å². The van der Waals surface area contributed by atoms with Crippen molar-refractivity contribution in [1.29, 1.82) is 0 Å². The second kappa shape index (κ2) is 5.94. The van der Waals surface area contributed by atoms with Gasteiger partial charge in [0.2, 0.25) is 0 Å². The fourth-order valence-electron chi connectivity index (χ4n) is 1.75. The Hall–Kier alpha value is -1.19. The van der Waals surface area contributed by atoms with Crippen molar-refractivity contribution in [1.82, 2.24) is 4.98 Å². The van der Waals surface area contributed by atoms with Gasteiger partial charge in [0.1, 0.15) is 0 Å². The number of aromatic nitrogens is 1. The van der Waals surface area contributed by atoms with Gasteiger partial charge in [-0.25, -0.2) is 0 Å². The van der Waals surface area contributed by atoms with Gasteiger partial charge in [0.05, 0.1) is 0 Å². The highest BCUT2D eigenvalue weighted by molar-refractivity contribution is 5.27. The zero-order valence-corrected chi connectivity index (χ0v) is 10.8. The van der Waals surface area contributed by atoms with Crippen LogP contribution in [0.1, 0.15) is 37.4 Å². The summed E-state index contributed by atoms with van der Waals surface area (Å²) in [5, 5.41) is 0. The average Bonchev–Trinajstić information content (AvgIpc) is 2.36. The first-order valence-corrected chi connectivity index (χ1v) is 6.02. The molecule has 0 spiro atoms. The topological polar surface area (TPSA) is 64.9 Å². The quantitative estimate of drug-likeness (QED) is 0.738. The molecule has 94 valence electrons. The van der Waals surface area contributed by atoms with Crippen molar-refractivity contribution in [2.75, 3.05) is 13.1 Å². The Balaban J connectivity index is 3.03. The number of nitrogens with zero attached hydrogens (tertiary/aromatic N) is 1. The average molecular weight is 233 g/mol. The predicted octanol–water partition coefficient (Wildman–Crippen LogP) is 1.94. The minimum atomic E-state index is -0.0228. The molecule has 1 aromatic heterocycles. The van der Waals surface area contributed by atoms with Crippen LogP contribution in [0.15, 0.2) is 31.0 Å². The monoisotopic (exact) mass is 233 g/mol. The highest BCUT2D eigenvalue weighted by atomic mass is 14.7. The zero-order valence-electron chi connectivity index (χ0n) is 10.8. The zero-order chi connectivity index (χ0) is 12.9. The van der Waals surface area contributed by atoms with Crippen LogP contribution in [-0.4, -0.2) is 18.1 Å². The van der Waals surface area contributed by atoms with Crippen molar-refractivity contribution in [3.8, 4) is 0 Å². The lowest BCUT2D eigenvalue weighted by Gasteiger charge is -2.24. The van der Waals surface area contributed by atoms with E-state index < -0.39 is 0 Å². The van der Waals surface area contributed by atoms with Gasteiger partial charge in [0.15, 0.2) is 0 Å². The van der Waals surface area contributed by atoms with Gasteiger partial charge in [-0.2, -0.15) is 0 Å². The van der Waals surface area contributed by atoms with Gasteiger partial charge in [-0.15, -0.1) is 6.58 Å². The van der Waals surface area contributed by atoms with Gasteiger partial charge in [0.25, 0.3) is 0 Å². The number of rotatable bonds is 6. The molecular weight excluding hydrogens is 210 g/mol. The van der Waals surface area contributed by atoms with E-state index in [0.717, 1.165) is 12.1 Å². The molecule has 1 aromatic rings. The Kier molecular flexibility index (Phi) is 4.85. The first-order chi connectivity index (χ1) is 8.05. The molecule has 0 bridgehead atoms.